The van der Waals surface area contributed by atoms with Gasteiger partial charge in [0, 0.05) is 7.11 Å². The average molecular weight is 125 g/mol. The van der Waals surface area contributed by atoms with Crippen molar-refractivity contribution in [2.24, 2.45) is 0 Å². The molecule has 2 nitrogen and oxygen atoms in total. The molecule has 0 saturated heterocycles. The maximum Gasteiger partial charge on any atom is 0.294 e. The number of halogens is 2. The number of alkyl halides is 2. The molecule has 4 heteroatoms. The van der Waals surface area contributed by atoms with Crippen LogP contribution in [0.25, 0.3) is 0 Å². The molecular formula is C4H7F2O2. The van der Waals surface area contributed by atoms with E-state index in [-0.39, 0.29) is 0 Å². The van der Waals surface area contributed by atoms with Gasteiger partial charge in [0.1, 0.15) is 0 Å². The molecule has 0 N–H and O–H groups in total. The van der Waals surface area contributed by atoms with Gasteiger partial charge in [0.25, 0.3) is 12.2 Å². The van der Waals surface area contributed by atoms with E-state index in [0.717, 1.165) is 14.0 Å². The van der Waals surface area contributed by atoms with Crippen molar-refractivity contribution in [3.05, 3.63) is 0 Å². The molecule has 0 spiro atoms. The van der Waals surface area contributed by atoms with Gasteiger partial charge in [0.2, 0.25) is 0 Å². The van der Waals surface area contributed by atoms with Crippen LogP contribution in [0.4, 0.5) is 8.78 Å². The van der Waals surface area contributed by atoms with Crippen molar-refractivity contribution in [1.29, 1.82) is 0 Å². The maximum absolute atomic E-state index is 11.4. The Hall–Kier alpha value is -0.220. The smallest absolute Gasteiger partial charge is 0.294 e. The number of ether oxygens (including phenoxy) is 1. The lowest BCUT2D eigenvalue weighted by Gasteiger charge is -2.15. The monoisotopic (exact) mass is 125 g/mol. The SMILES string of the molecule is COC(C)([O])C(F)F. The standard InChI is InChI=1S/C4H7F2O2/c1-4(7,8-2)3(5)6/h3H,1-2H3. The molecule has 0 aromatic rings. The zero-order valence-electron chi connectivity index (χ0n) is 4.65. The lowest BCUT2D eigenvalue weighted by atomic mass is 10.3. The third kappa shape index (κ3) is 1.71. The zero-order chi connectivity index (χ0) is 6.78. The second-order valence-corrected chi connectivity index (χ2v) is 1.52. The van der Waals surface area contributed by atoms with Crippen LogP contribution in [0.5, 0.6) is 0 Å². The van der Waals surface area contributed by atoms with E-state index in [4.69, 9.17) is 0 Å². The Balaban J connectivity index is 3.71. The minimum absolute atomic E-state index is 0.789. The van der Waals surface area contributed by atoms with Gasteiger partial charge in [-0.2, -0.15) is 5.11 Å². The lowest BCUT2D eigenvalue weighted by Crippen LogP contribution is -2.33. The minimum Gasteiger partial charge on any atom is -0.347 e. The predicted molar refractivity (Wildman–Crippen MR) is 22.1 cm³/mol. The normalized spacial score (nSPS) is 18.8. The van der Waals surface area contributed by atoms with Crippen LogP contribution in [-0.2, 0) is 9.84 Å². The largest absolute Gasteiger partial charge is 0.347 e. The summed E-state index contributed by atoms with van der Waals surface area (Å²) in [6, 6.07) is 0. The van der Waals surface area contributed by atoms with E-state index < -0.39 is 12.2 Å². The number of methoxy groups -OCH3 is 1. The second-order valence-electron chi connectivity index (χ2n) is 1.52. The van der Waals surface area contributed by atoms with Gasteiger partial charge < -0.3 is 4.74 Å². The van der Waals surface area contributed by atoms with Gasteiger partial charge in [-0.15, -0.1) is 0 Å². The number of rotatable bonds is 2. The summed E-state index contributed by atoms with van der Waals surface area (Å²) >= 11 is 0. The zero-order valence-corrected chi connectivity index (χ0v) is 4.65. The summed E-state index contributed by atoms with van der Waals surface area (Å²) in [7, 11) is 0.958. The Kier molecular flexibility index (Phi) is 2.30. The average Bonchev–Trinajstić information content (AvgIpc) is 1.67. The van der Waals surface area contributed by atoms with E-state index in [1.54, 1.807) is 0 Å². The lowest BCUT2D eigenvalue weighted by molar-refractivity contribution is -0.275. The van der Waals surface area contributed by atoms with Crippen molar-refractivity contribution < 1.29 is 18.6 Å². The van der Waals surface area contributed by atoms with E-state index >= 15 is 0 Å². The molecule has 0 aromatic carbocycles. The summed E-state index contributed by atoms with van der Waals surface area (Å²) in [5.74, 6) is -2.54. The summed E-state index contributed by atoms with van der Waals surface area (Å²) in [6.07, 6.45) is -2.97. The molecule has 1 atom stereocenters. The Morgan fingerprint density at radius 2 is 2.00 bits per heavy atom. The van der Waals surface area contributed by atoms with Crippen molar-refractivity contribution in [2.45, 2.75) is 19.1 Å². The highest BCUT2D eigenvalue weighted by atomic mass is 19.3. The van der Waals surface area contributed by atoms with Crippen molar-refractivity contribution in [3.63, 3.8) is 0 Å². The first-order valence-corrected chi connectivity index (χ1v) is 2.04. The van der Waals surface area contributed by atoms with Crippen LogP contribution in [0.3, 0.4) is 0 Å². The molecule has 0 aliphatic rings. The van der Waals surface area contributed by atoms with E-state index in [1.165, 1.54) is 0 Å². The molecule has 0 aliphatic heterocycles. The Morgan fingerprint density at radius 1 is 1.62 bits per heavy atom. The van der Waals surface area contributed by atoms with Gasteiger partial charge in [-0.3, -0.25) is 0 Å². The molecule has 0 bridgehead atoms. The first-order valence-electron chi connectivity index (χ1n) is 2.04. The van der Waals surface area contributed by atoms with Gasteiger partial charge in [0.15, 0.2) is 0 Å². The number of hydrogen-bond acceptors (Lipinski definition) is 1. The van der Waals surface area contributed by atoms with E-state index in [9.17, 15) is 13.9 Å². The van der Waals surface area contributed by atoms with Crippen molar-refractivity contribution in [2.75, 3.05) is 7.11 Å². The summed E-state index contributed by atoms with van der Waals surface area (Å²) in [6.45, 7) is 0.789. The highest BCUT2D eigenvalue weighted by Gasteiger charge is 2.33. The molecule has 1 unspecified atom stereocenters. The third-order valence-electron chi connectivity index (χ3n) is 0.802. The van der Waals surface area contributed by atoms with Crippen molar-refractivity contribution >= 4 is 0 Å². The van der Waals surface area contributed by atoms with Crippen molar-refractivity contribution in [1.82, 2.24) is 0 Å². The predicted octanol–water partition coefficient (Wildman–Crippen LogP) is 1.04. The summed E-state index contributed by atoms with van der Waals surface area (Å²) < 4.78 is 26.6. The molecule has 0 aromatic heterocycles. The second kappa shape index (κ2) is 2.37. The Morgan fingerprint density at radius 3 is 2.00 bits per heavy atom. The first-order chi connectivity index (χ1) is 3.50. The van der Waals surface area contributed by atoms with Gasteiger partial charge in [-0.05, 0) is 6.92 Å². The minimum atomic E-state index is -2.97. The third-order valence-corrected chi connectivity index (χ3v) is 0.802. The summed E-state index contributed by atoms with van der Waals surface area (Å²) in [5, 5.41) is 10.2. The molecule has 0 heterocycles. The van der Waals surface area contributed by atoms with Gasteiger partial charge in [0.05, 0.1) is 0 Å². The maximum atomic E-state index is 11.4. The molecule has 0 aliphatic carbocycles. The molecule has 8 heavy (non-hydrogen) atoms. The fraction of sp³-hybridized carbons (Fsp3) is 1.00. The quantitative estimate of drug-likeness (QED) is 0.507. The highest BCUT2D eigenvalue weighted by Crippen LogP contribution is 2.15. The molecule has 0 fully saturated rings. The molecular weight excluding hydrogens is 118 g/mol. The fourth-order valence-corrected chi connectivity index (χ4v) is 0.0891. The summed E-state index contributed by atoms with van der Waals surface area (Å²) in [4.78, 5) is 0. The topological polar surface area (TPSA) is 29.1 Å². The highest BCUT2D eigenvalue weighted by molar-refractivity contribution is 4.59. The van der Waals surface area contributed by atoms with E-state index in [0.29, 0.717) is 0 Å². The van der Waals surface area contributed by atoms with Gasteiger partial charge in [-0.25, -0.2) is 8.78 Å². The molecule has 0 saturated carbocycles. The molecule has 1 radical (unpaired) electrons. The van der Waals surface area contributed by atoms with Crippen LogP contribution in [0.2, 0.25) is 0 Å². The van der Waals surface area contributed by atoms with Crippen LogP contribution in [-0.4, -0.2) is 19.3 Å². The van der Waals surface area contributed by atoms with E-state index in [2.05, 4.69) is 4.74 Å². The van der Waals surface area contributed by atoms with Crippen molar-refractivity contribution in [3.8, 4) is 0 Å². The molecule has 49 valence electrons. The summed E-state index contributed by atoms with van der Waals surface area (Å²) in [5.41, 5.74) is 0. The fourth-order valence-electron chi connectivity index (χ4n) is 0.0891. The van der Waals surface area contributed by atoms with Crippen LogP contribution >= 0.6 is 0 Å². The van der Waals surface area contributed by atoms with Crippen LogP contribution in [0, 0.1) is 0 Å². The van der Waals surface area contributed by atoms with Crippen LogP contribution in [0.15, 0.2) is 0 Å². The molecule has 0 amide bonds. The molecule has 0 rings (SSSR count). The Bertz CT molecular complexity index is 72.4. The van der Waals surface area contributed by atoms with Gasteiger partial charge in [-0.1, -0.05) is 0 Å². The van der Waals surface area contributed by atoms with Crippen LogP contribution < -0.4 is 0 Å². The van der Waals surface area contributed by atoms with E-state index in [1.807, 2.05) is 0 Å². The number of hydrogen-bond donors (Lipinski definition) is 0. The first kappa shape index (κ1) is 7.78. The van der Waals surface area contributed by atoms with Crippen LogP contribution in [0.1, 0.15) is 6.92 Å². The Labute approximate surface area is 46.1 Å². The van der Waals surface area contributed by atoms with Gasteiger partial charge >= 0.3 is 0 Å².